The van der Waals surface area contributed by atoms with Crippen LogP contribution in [-0.2, 0) is 4.79 Å². The third-order valence-corrected chi connectivity index (χ3v) is 1.41. The maximum absolute atomic E-state index is 9.52. The van der Waals surface area contributed by atoms with Crippen molar-refractivity contribution in [3.8, 4) is 0 Å². The van der Waals surface area contributed by atoms with Crippen LogP contribution in [0.2, 0.25) is 0 Å². The van der Waals surface area contributed by atoms with Gasteiger partial charge in [0.25, 0.3) is 0 Å². The van der Waals surface area contributed by atoms with Gasteiger partial charge in [0.2, 0.25) is 6.08 Å². The Bertz CT molecular complexity index is 112. The average Bonchev–Trinajstić information content (AvgIpc) is 2.51. The highest BCUT2D eigenvalue weighted by Gasteiger charge is 2.19. The third-order valence-electron chi connectivity index (χ3n) is 1.41. The standard InChI is InChI=1S/C6H9NO/c8-5-7-4-3-6-1-2-6/h6H,1-4H2. The highest BCUT2D eigenvalue weighted by Crippen LogP contribution is 2.31. The maximum atomic E-state index is 9.52. The molecule has 0 amide bonds. The molecule has 1 aliphatic rings. The summed E-state index contributed by atoms with van der Waals surface area (Å²) in [6.45, 7) is 0.689. The molecule has 0 bridgehead atoms. The van der Waals surface area contributed by atoms with Crippen molar-refractivity contribution in [2.24, 2.45) is 10.9 Å². The fourth-order valence-electron chi connectivity index (χ4n) is 0.699. The van der Waals surface area contributed by atoms with Crippen LogP contribution in [0.4, 0.5) is 0 Å². The fraction of sp³-hybridized carbons (Fsp3) is 0.833. The first-order valence-electron chi connectivity index (χ1n) is 2.97. The first-order chi connectivity index (χ1) is 3.93. The van der Waals surface area contributed by atoms with Gasteiger partial charge in [-0.2, -0.15) is 0 Å². The van der Waals surface area contributed by atoms with Crippen LogP contribution in [0.1, 0.15) is 19.3 Å². The minimum Gasteiger partial charge on any atom is -0.211 e. The van der Waals surface area contributed by atoms with Gasteiger partial charge in [-0.05, 0) is 12.3 Å². The van der Waals surface area contributed by atoms with Gasteiger partial charge in [-0.15, -0.1) is 0 Å². The molecular formula is C6H9NO. The van der Waals surface area contributed by atoms with E-state index in [1.54, 1.807) is 0 Å². The smallest absolute Gasteiger partial charge is 0.211 e. The Hall–Kier alpha value is -0.620. The van der Waals surface area contributed by atoms with E-state index >= 15 is 0 Å². The molecule has 0 aromatic carbocycles. The molecule has 1 rings (SSSR count). The summed E-state index contributed by atoms with van der Waals surface area (Å²) in [5.74, 6) is 0.882. The molecule has 1 saturated carbocycles. The molecule has 2 nitrogen and oxygen atoms in total. The maximum Gasteiger partial charge on any atom is 0.234 e. The van der Waals surface area contributed by atoms with Gasteiger partial charge in [0.05, 0.1) is 6.54 Å². The van der Waals surface area contributed by atoms with Gasteiger partial charge in [0.1, 0.15) is 0 Å². The fourth-order valence-corrected chi connectivity index (χ4v) is 0.699. The van der Waals surface area contributed by atoms with Gasteiger partial charge in [0.15, 0.2) is 0 Å². The number of carbonyl (C=O) groups excluding carboxylic acids is 1. The van der Waals surface area contributed by atoms with Gasteiger partial charge in [0, 0.05) is 0 Å². The van der Waals surface area contributed by atoms with Crippen LogP contribution in [0.25, 0.3) is 0 Å². The molecule has 44 valence electrons. The monoisotopic (exact) mass is 111 g/mol. The third kappa shape index (κ3) is 1.90. The molecular weight excluding hydrogens is 102 g/mol. The molecule has 2 heteroatoms. The Morgan fingerprint density at radius 2 is 2.38 bits per heavy atom. The molecule has 0 atom stereocenters. The average molecular weight is 111 g/mol. The molecule has 0 aromatic heterocycles. The Labute approximate surface area is 48.6 Å². The summed E-state index contributed by atoms with van der Waals surface area (Å²) in [6.07, 6.45) is 5.30. The van der Waals surface area contributed by atoms with Crippen LogP contribution < -0.4 is 0 Å². The van der Waals surface area contributed by atoms with Crippen LogP contribution in [0.15, 0.2) is 4.99 Å². The molecule has 8 heavy (non-hydrogen) atoms. The van der Waals surface area contributed by atoms with Crippen molar-refractivity contribution in [1.82, 2.24) is 0 Å². The first-order valence-corrected chi connectivity index (χ1v) is 2.97. The van der Waals surface area contributed by atoms with Crippen molar-refractivity contribution in [3.63, 3.8) is 0 Å². The zero-order valence-corrected chi connectivity index (χ0v) is 4.76. The predicted octanol–water partition coefficient (Wildman–Crippen LogP) is 1.12. The predicted molar refractivity (Wildman–Crippen MR) is 30.3 cm³/mol. The van der Waals surface area contributed by atoms with E-state index < -0.39 is 0 Å². The van der Waals surface area contributed by atoms with E-state index in [2.05, 4.69) is 4.99 Å². The second-order valence-electron chi connectivity index (χ2n) is 2.21. The highest BCUT2D eigenvalue weighted by atomic mass is 16.1. The van der Waals surface area contributed by atoms with Crippen molar-refractivity contribution >= 4 is 6.08 Å². The largest absolute Gasteiger partial charge is 0.234 e. The Morgan fingerprint density at radius 1 is 1.62 bits per heavy atom. The first kappa shape index (κ1) is 5.52. The molecule has 0 unspecified atom stereocenters. The van der Waals surface area contributed by atoms with Crippen molar-refractivity contribution in [2.45, 2.75) is 19.3 Å². The van der Waals surface area contributed by atoms with Gasteiger partial charge in [-0.3, -0.25) is 0 Å². The zero-order chi connectivity index (χ0) is 5.82. The lowest BCUT2D eigenvalue weighted by Crippen LogP contribution is -1.80. The molecule has 1 fully saturated rings. The molecule has 0 heterocycles. The number of hydrogen-bond donors (Lipinski definition) is 0. The van der Waals surface area contributed by atoms with E-state index in [4.69, 9.17) is 0 Å². The number of hydrogen-bond acceptors (Lipinski definition) is 2. The summed E-state index contributed by atoms with van der Waals surface area (Å²) in [4.78, 5) is 13.0. The van der Waals surface area contributed by atoms with Gasteiger partial charge < -0.3 is 0 Å². The number of nitrogens with zero attached hydrogens (tertiary/aromatic N) is 1. The van der Waals surface area contributed by atoms with Crippen molar-refractivity contribution in [3.05, 3.63) is 0 Å². The SMILES string of the molecule is O=C=NCCC1CC1. The topological polar surface area (TPSA) is 29.4 Å². The molecule has 0 saturated heterocycles. The van der Waals surface area contributed by atoms with Crippen molar-refractivity contribution < 1.29 is 4.79 Å². The van der Waals surface area contributed by atoms with E-state index in [1.807, 2.05) is 0 Å². The number of rotatable bonds is 3. The van der Waals surface area contributed by atoms with E-state index in [0.717, 1.165) is 12.3 Å². The minimum absolute atomic E-state index is 0.689. The molecule has 0 spiro atoms. The summed E-state index contributed by atoms with van der Waals surface area (Å²) in [5.41, 5.74) is 0. The van der Waals surface area contributed by atoms with Crippen LogP contribution in [0, 0.1) is 5.92 Å². The van der Waals surface area contributed by atoms with Crippen molar-refractivity contribution in [1.29, 1.82) is 0 Å². The Kier molecular flexibility index (Phi) is 1.81. The Morgan fingerprint density at radius 3 is 2.88 bits per heavy atom. The molecule has 0 aliphatic heterocycles. The van der Waals surface area contributed by atoms with Gasteiger partial charge >= 0.3 is 0 Å². The second kappa shape index (κ2) is 2.63. The van der Waals surface area contributed by atoms with Crippen molar-refractivity contribution in [2.75, 3.05) is 6.54 Å². The molecule has 0 aromatic rings. The van der Waals surface area contributed by atoms with E-state index in [9.17, 15) is 4.79 Å². The van der Waals surface area contributed by atoms with Gasteiger partial charge in [-0.1, -0.05) is 12.8 Å². The number of aliphatic imine (C=N–C) groups is 1. The van der Waals surface area contributed by atoms with Crippen LogP contribution in [0.5, 0.6) is 0 Å². The molecule has 0 N–H and O–H groups in total. The quantitative estimate of drug-likeness (QED) is 0.396. The van der Waals surface area contributed by atoms with Crippen LogP contribution in [-0.4, -0.2) is 12.6 Å². The lowest BCUT2D eigenvalue weighted by molar-refractivity contribution is 0.561. The van der Waals surface area contributed by atoms with E-state index in [0.29, 0.717) is 6.54 Å². The summed E-state index contributed by atoms with van der Waals surface area (Å²) in [7, 11) is 0. The normalized spacial score (nSPS) is 17.5. The van der Waals surface area contributed by atoms with E-state index in [-0.39, 0.29) is 0 Å². The lowest BCUT2D eigenvalue weighted by Gasteiger charge is -1.83. The van der Waals surface area contributed by atoms with Crippen LogP contribution in [0.3, 0.4) is 0 Å². The minimum atomic E-state index is 0.689. The summed E-state index contributed by atoms with van der Waals surface area (Å²) < 4.78 is 0. The highest BCUT2D eigenvalue weighted by molar-refractivity contribution is 5.32. The summed E-state index contributed by atoms with van der Waals surface area (Å²) in [5, 5.41) is 0. The lowest BCUT2D eigenvalue weighted by atomic mass is 10.3. The Balaban J connectivity index is 1.95. The van der Waals surface area contributed by atoms with E-state index in [1.165, 1.54) is 18.9 Å². The van der Waals surface area contributed by atoms with Crippen LogP contribution >= 0.6 is 0 Å². The second-order valence-corrected chi connectivity index (χ2v) is 2.21. The molecule has 0 radical (unpaired) electrons. The van der Waals surface area contributed by atoms with Gasteiger partial charge in [-0.25, -0.2) is 9.79 Å². The number of isocyanates is 1. The zero-order valence-electron chi connectivity index (χ0n) is 4.76. The summed E-state index contributed by atoms with van der Waals surface area (Å²) >= 11 is 0. The molecule has 1 aliphatic carbocycles. The summed E-state index contributed by atoms with van der Waals surface area (Å²) in [6, 6.07) is 0.